The van der Waals surface area contributed by atoms with Crippen LogP contribution in [0.15, 0.2) is 34.8 Å². The Morgan fingerprint density at radius 1 is 1.16 bits per heavy atom. The molecule has 0 aromatic carbocycles. The number of nitrogens with one attached hydrogen (secondary N) is 2. The number of aryl methyl sites for hydroxylation is 1. The Labute approximate surface area is 119 Å². The zero-order chi connectivity index (χ0) is 13.8. The van der Waals surface area contributed by atoms with Crippen molar-refractivity contribution in [3.8, 4) is 0 Å². The number of carbonyl (C=O) groups is 1. The van der Waals surface area contributed by atoms with Gasteiger partial charge in [-0.15, -0.1) is 0 Å². The maximum atomic E-state index is 12.0. The van der Waals surface area contributed by atoms with Gasteiger partial charge in [0, 0.05) is 11.5 Å². The molecule has 0 saturated heterocycles. The molecule has 5 nitrogen and oxygen atoms in total. The van der Waals surface area contributed by atoms with Gasteiger partial charge >= 0.3 is 0 Å². The molecule has 0 radical (unpaired) electrons. The molecule has 2 aromatic rings. The fourth-order valence-electron chi connectivity index (χ4n) is 1.49. The lowest BCUT2D eigenvalue weighted by Crippen LogP contribution is -2.15. The first-order valence-corrected chi connectivity index (χ1v) is 6.49. The number of anilines is 2. The summed E-state index contributed by atoms with van der Waals surface area (Å²) in [6, 6.07) is 8.79. The Hall–Kier alpha value is -1.95. The molecule has 0 unspecified atom stereocenters. The normalized spacial score (nSPS) is 10.1. The molecule has 0 aliphatic heterocycles. The Kier molecular flexibility index (Phi) is 4.11. The number of nitrogens with zero attached hydrogens (tertiary/aromatic N) is 2. The highest BCUT2D eigenvalue weighted by atomic mass is 79.9. The van der Waals surface area contributed by atoms with Crippen molar-refractivity contribution >= 4 is 33.5 Å². The molecule has 2 aromatic heterocycles. The minimum absolute atomic E-state index is 0.286. The Morgan fingerprint density at radius 3 is 2.63 bits per heavy atom. The Bertz CT molecular complexity index is 615. The Balaban J connectivity index is 2.18. The van der Waals surface area contributed by atoms with E-state index in [4.69, 9.17) is 0 Å². The van der Waals surface area contributed by atoms with E-state index in [0.29, 0.717) is 17.3 Å². The van der Waals surface area contributed by atoms with Crippen LogP contribution < -0.4 is 10.6 Å². The molecule has 98 valence electrons. The van der Waals surface area contributed by atoms with E-state index in [-0.39, 0.29) is 5.91 Å². The van der Waals surface area contributed by atoms with Crippen LogP contribution in [0.1, 0.15) is 16.2 Å². The average Bonchev–Trinajstić information content (AvgIpc) is 2.43. The first-order valence-electron chi connectivity index (χ1n) is 5.69. The molecule has 2 rings (SSSR count). The molecule has 0 bridgehead atoms. The fraction of sp³-hybridized carbons (Fsp3) is 0.154. The second kappa shape index (κ2) is 5.79. The lowest BCUT2D eigenvalue weighted by atomic mass is 10.3. The highest BCUT2D eigenvalue weighted by Gasteiger charge is 2.09. The molecule has 0 fully saturated rings. The molecule has 19 heavy (non-hydrogen) atoms. The van der Waals surface area contributed by atoms with E-state index in [2.05, 4.69) is 36.5 Å². The third-order valence-corrected chi connectivity index (χ3v) is 3.34. The van der Waals surface area contributed by atoms with E-state index in [1.807, 2.05) is 13.0 Å². The van der Waals surface area contributed by atoms with Crippen LogP contribution in [0.3, 0.4) is 0 Å². The highest BCUT2D eigenvalue weighted by molar-refractivity contribution is 9.10. The molecule has 2 N–H and O–H groups in total. The molecule has 1 amide bonds. The highest BCUT2D eigenvalue weighted by Crippen LogP contribution is 2.16. The number of rotatable bonds is 3. The van der Waals surface area contributed by atoms with Gasteiger partial charge in [0.25, 0.3) is 5.91 Å². The van der Waals surface area contributed by atoms with E-state index in [0.717, 1.165) is 10.2 Å². The van der Waals surface area contributed by atoms with Crippen molar-refractivity contribution in [1.29, 1.82) is 0 Å². The number of carbonyl (C=O) groups excluding carboxylic acids is 1. The quantitative estimate of drug-likeness (QED) is 0.912. The van der Waals surface area contributed by atoms with E-state index in [1.165, 1.54) is 0 Å². The number of hydrogen-bond donors (Lipinski definition) is 2. The number of halogens is 1. The van der Waals surface area contributed by atoms with Crippen molar-refractivity contribution < 1.29 is 4.79 Å². The Morgan fingerprint density at radius 2 is 1.95 bits per heavy atom. The predicted octanol–water partition coefficient (Wildman–Crippen LogP) is 2.84. The van der Waals surface area contributed by atoms with Crippen LogP contribution in [0, 0.1) is 6.92 Å². The van der Waals surface area contributed by atoms with Crippen molar-refractivity contribution in [3.05, 3.63) is 46.2 Å². The van der Waals surface area contributed by atoms with Gasteiger partial charge in [-0.2, -0.15) is 0 Å². The summed E-state index contributed by atoms with van der Waals surface area (Å²) in [4.78, 5) is 20.5. The van der Waals surface area contributed by atoms with Crippen LogP contribution in [0.25, 0.3) is 0 Å². The number of amides is 1. The fourth-order valence-corrected chi connectivity index (χ4v) is 1.72. The molecule has 0 spiro atoms. The molecular weight excluding hydrogens is 308 g/mol. The summed E-state index contributed by atoms with van der Waals surface area (Å²) >= 11 is 3.36. The molecule has 0 aliphatic carbocycles. The second-order valence-corrected chi connectivity index (χ2v) is 4.73. The summed E-state index contributed by atoms with van der Waals surface area (Å²) in [6.45, 7) is 1.86. The lowest BCUT2D eigenvalue weighted by molar-refractivity contribution is 0.102. The molecular formula is C13H13BrN4O. The van der Waals surface area contributed by atoms with Crippen molar-refractivity contribution in [2.45, 2.75) is 6.92 Å². The van der Waals surface area contributed by atoms with Crippen LogP contribution in [-0.2, 0) is 0 Å². The standard InChI is InChI=1S/C13H13BrN4O/c1-8-9(14)6-7-12(16-8)18-13(19)10-4-3-5-11(15-2)17-10/h3-7H,1-2H3,(H,15,17)(H,16,18,19). The smallest absolute Gasteiger partial charge is 0.275 e. The monoisotopic (exact) mass is 320 g/mol. The van der Waals surface area contributed by atoms with Gasteiger partial charge in [0.15, 0.2) is 0 Å². The van der Waals surface area contributed by atoms with Crippen LogP contribution in [-0.4, -0.2) is 22.9 Å². The van der Waals surface area contributed by atoms with Crippen molar-refractivity contribution in [2.24, 2.45) is 0 Å². The lowest BCUT2D eigenvalue weighted by Gasteiger charge is -2.06. The molecule has 0 aliphatic rings. The van der Waals surface area contributed by atoms with Gasteiger partial charge in [0.05, 0.1) is 5.69 Å². The van der Waals surface area contributed by atoms with E-state index < -0.39 is 0 Å². The van der Waals surface area contributed by atoms with Gasteiger partial charge in [-0.1, -0.05) is 6.07 Å². The zero-order valence-electron chi connectivity index (χ0n) is 10.6. The SMILES string of the molecule is CNc1cccc(C(=O)Nc2ccc(Br)c(C)n2)n1. The van der Waals surface area contributed by atoms with Gasteiger partial charge in [0.1, 0.15) is 17.3 Å². The maximum Gasteiger partial charge on any atom is 0.275 e. The van der Waals surface area contributed by atoms with E-state index in [9.17, 15) is 4.79 Å². The maximum absolute atomic E-state index is 12.0. The van der Waals surface area contributed by atoms with Crippen molar-refractivity contribution in [1.82, 2.24) is 9.97 Å². The summed E-state index contributed by atoms with van der Waals surface area (Å²) in [5, 5.41) is 5.61. The number of hydrogen-bond acceptors (Lipinski definition) is 4. The van der Waals surface area contributed by atoms with E-state index in [1.54, 1.807) is 31.3 Å². The van der Waals surface area contributed by atoms with Gasteiger partial charge in [0.2, 0.25) is 0 Å². The summed E-state index contributed by atoms with van der Waals surface area (Å²) < 4.78 is 0.904. The van der Waals surface area contributed by atoms with Gasteiger partial charge in [-0.05, 0) is 47.1 Å². The van der Waals surface area contributed by atoms with Crippen molar-refractivity contribution in [3.63, 3.8) is 0 Å². The van der Waals surface area contributed by atoms with Crippen molar-refractivity contribution in [2.75, 3.05) is 17.7 Å². The first kappa shape index (κ1) is 13.5. The summed E-state index contributed by atoms with van der Waals surface area (Å²) in [5.74, 6) is 0.862. The van der Waals surface area contributed by atoms with Gasteiger partial charge < -0.3 is 10.6 Å². The molecule has 2 heterocycles. The van der Waals surface area contributed by atoms with Gasteiger partial charge in [-0.25, -0.2) is 9.97 Å². The molecule has 0 saturated carbocycles. The molecule has 0 atom stereocenters. The summed E-state index contributed by atoms with van der Waals surface area (Å²) in [5.41, 5.74) is 1.16. The van der Waals surface area contributed by atoms with Crippen LogP contribution in [0.2, 0.25) is 0 Å². The molecule has 6 heteroatoms. The van der Waals surface area contributed by atoms with E-state index >= 15 is 0 Å². The van der Waals surface area contributed by atoms with Gasteiger partial charge in [-0.3, -0.25) is 4.79 Å². The zero-order valence-corrected chi connectivity index (χ0v) is 12.2. The second-order valence-electron chi connectivity index (χ2n) is 3.88. The third kappa shape index (κ3) is 3.29. The van der Waals surface area contributed by atoms with Crippen LogP contribution in [0.5, 0.6) is 0 Å². The predicted molar refractivity (Wildman–Crippen MR) is 78.4 cm³/mol. The topological polar surface area (TPSA) is 66.9 Å². The van der Waals surface area contributed by atoms with Crippen LogP contribution in [0.4, 0.5) is 11.6 Å². The minimum Gasteiger partial charge on any atom is -0.373 e. The first-order chi connectivity index (χ1) is 9.10. The summed E-state index contributed by atoms with van der Waals surface area (Å²) in [6.07, 6.45) is 0. The number of aromatic nitrogens is 2. The largest absolute Gasteiger partial charge is 0.373 e. The summed E-state index contributed by atoms with van der Waals surface area (Å²) in [7, 11) is 1.75. The minimum atomic E-state index is -0.286. The van der Waals surface area contributed by atoms with Crippen LogP contribution >= 0.6 is 15.9 Å². The average molecular weight is 321 g/mol. The number of pyridine rings is 2. The third-order valence-electron chi connectivity index (χ3n) is 2.50.